The number of rotatable bonds is 6. The Morgan fingerprint density at radius 1 is 1.00 bits per heavy atom. The van der Waals surface area contributed by atoms with E-state index >= 15 is 0 Å². The van der Waals surface area contributed by atoms with Gasteiger partial charge in [-0.15, -0.1) is 0 Å². The van der Waals surface area contributed by atoms with E-state index in [1.54, 1.807) is 36.4 Å². The first-order valence-corrected chi connectivity index (χ1v) is 14.2. The molecule has 1 N–H and O–H groups in total. The van der Waals surface area contributed by atoms with Crippen molar-refractivity contribution >= 4 is 50.8 Å². The van der Waals surface area contributed by atoms with Gasteiger partial charge in [-0.05, 0) is 83.6 Å². The molecule has 6 rings (SSSR count). The van der Waals surface area contributed by atoms with E-state index in [0.717, 1.165) is 11.1 Å². The third-order valence-electron chi connectivity index (χ3n) is 8.44. The first kappa shape index (κ1) is 27.2. The van der Waals surface area contributed by atoms with Crippen LogP contribution in [0.15, 0.2) is 81.9 Å². The predicted molar refractivity (Wildman–Crippen MR) is 153 cm³/mol. The lowest BCUT2D eigenvalue weighted by Crippen LogP contribution is -2.39. The van der Waals surface area contributed by atoms with Crippen LogP contribution in [0.3, 0.4) is 0 Å². The smallest absolute Gasteiger partial charge is 0.238 e. The van der Waals surface area contributed by atoms with E-state index < -0.39 is 23.7 Å². The Bertz CT molecular complexity index is 1600. The molecule has 2 aromatic carbocycles. The number of aliphatic hydroxyl groups is 1. The first-order chi connectivity index (χ1) is 19.7. The summed E-state index contributed by atoms with van der Waals surface area (Å²) in [6.07, 6.45) is 3.78. The molecular weight excluding hydrogens is 590 g/mol. The van der Waals surface area contributed by atoms with Crippen LogP contribution in [0.2, 0.25) is 0 Å². The van der Waals surface area contributed by atoms with Gasteiger partial charge in [0.05, 0.1) is 28.6 Å². The number of nitrogens with zero attached hydrogens (tertiary/aromatic N) is 1. The van der Waals surface area contributed by atoms with Gasteiger partial charge in [-0.3, -0.25) is 28.9 Å². The Kier molecular flexibility index (Phi) is 6.95. The summed E-state index contributed by atoms with van der Waals surface area (Å²) in [5, 5.41) is 9.07. The molecular formula is C32H26BrNO7. The van der Waals surface area contributed by atoms with Gasteiger partial charge in [0.25, 0.3) is 0 Å². The van der Waals surface area contributed by atoms with Crippen LogP contribution in [-0.4, -0.2) is 47.5 Å². The zero-order valence-corrected chi connectivity index (χ0v) is 23.7. The number of allylic oxidation sites excluding steroid dienone is 6. The Morgan fingerprint density at radius 3 is 2.37 bits per heavy atom. The van der Waals surface area contributed by atoms with Gasteiger partial charge in [-0.2, -0.15) is 0 Å². The maximum absolute atomic E-state index is 14.0. The average Bonchev–Trinajstić information content (AvgIpc) is 3.23. The molecule has 0 saturated carbocycles. The van der Waals surface area contributed by atoms with E-state index in [2.05, 4.69) is 15.9 Å². The number of ketones is 3. The number of Topliss-reactive ketones (excluding diaryl/α,β-unsaturated/α-hetero) is 2. The van der Waals surface area contributed by atoms with Crippen LogP contribution in [0.4, 0.5) is 5.69 Å². The van der Waals surface area contributed by atoms with Gasteiger partial charge in [0.15, 0.2) is 17.3 Å². The highest BCUT2D eigenvalue weighted by Gasteiger charge is 2.56. The second-order valence-corrected chi connectivity index (χ2v) is 11.5. The van der Waals surface area contributed by atoms with E-state index in [1.165, 1.54) is 17.9 Å². The van der Waals surface area contributed by atoms with Crippen molar-refractivity contribution in [3.8, 4) is 5.75 Å². The van der Waals surface area contributed by atoms with Crippen LogP contribution in [-0.2, 0) is 19.2 Å². The normalized spacial score (nSPS) is 25.4. The van der Waals surface area contributed by atoms with Gasteiger partial charge in [0.2, 0.25) is 11.8 Å². The van der Waals surface area contributed by atoms with E-state index in [-0.39, 0.29) is 53.3 Å². The molecule has 0 unspecified atom stereocenters. The van der Waals surface area contributed by atoms with Crippen LogP contribution >= 0.6 is 15.9 Å². The Balaban J connectivity index is 1.41. The minimum atomic E-state index is -0.689. The molecule has 1 fully saturated rings. The van der Waals surface area contributed by atoms with Crippen molar-refractivity contribution < 1.29 is 33.8 Å². The van der Waals surface area contributed by atoms with Crippen molar-refractivity contribution in [2.75, 3.05) is 18.1 Å². The highest BCUT2D eigenvalue weighted by Crippen LogP contribution is 2.55. The summed E-state index contributed by atoms with van der Waals surface area (Å²) >= 11 is 3.24. The molecule has 1 aliphatic heterocycles. The number of carbonyl (C=O) groups is 5. The van der Waals surface area contributed by atoms with Crippen LogP contribution in [0.25, 0.3) is 0 Å². The van der Waals surface area contributed by atoms with Crippen molar-refractivity contribution in [3.05, 3.63) is 93.0 Å². The molecule has 41 heavy (non-hydrogen) atoms. The molecule has 1 heterocycles. The second kappa shape index (κ2) is 10.5. The molecule has 9 heteroatoms. The van der Waals surface area contributed by atoms with Gasteiger partial charge >= 0.3 is 0 Å². The fourth-order valence-corrected chi connectivity index (χ4v) is 7.05. The van der Waals surface area contributed by atoms with Crippen LogP contribution in [0, 0.1) is 17.8 Å². The summed E-state index contributed by atoms with van der Waals surface area (Å²) in [6, 6.07) is 13.6. The van der Waals surface area contributed by atoms with Gasteiger partial charge in [0, 0.05) is 28.7 Å². The fourth-order valence-electron chi connectivity index (χ4n) is 6.61. The molecule has 3 aliphatic carbocycles. The third kappa shape index (κ3) is 4.44. The molecule has 208 valence electrons. The Hall–Kier alpha value is -3.95. The summed E-state index contributed by atoms with van der Waals surface area (Å²) in [5.41, 5.74) is 3.27. The quantitative estimate of drug-likeness (QED) is 0.224. The molecule has 2 amide bonds. The molecule has 1 saturated heterocycles. The standard InChI is InChI=1S/C32H26BrNO7/c1-16(36)17-2-6-19(7-3-17)34-31(39)22-11-10-21-23(28(22)32(34)40)14-24-29(26(37)15-25(33)30(24)38)27(21)18-4-8-20(9-5-18)41-13-12-35/h2-10,15,22-23,27-28,35H,11-14H2,1H3/t22-,23+,27-,28-/m0/s1. The molecule has 8 nitrogen and oxygen atoms in total. The third-order valence-corrected chi connectivity index (χ3v) is 9.03. The van der Waals surface area contributed by atoms with Crippen molar-refractivity contribution in [2.45, 2.75) is 25.7 Å². The van der Waals surface area contributed by atoms with Crippen molar-refractivity contribution in [1.29, 1.82) is 0 Å². The zero-order chi connectivity index (χ0) is 29.0. The summed E-state index contributed by atoms with van der Waals surface area (Å²) in [7, 11) is 0. The highest BCUT2D eigenvalue weighted by molar-refractivity contribution is 9.12. The average molecular weight is 616 g/mol. The molecule has 0 radical (unpaired) electrons. The first-order valence-electron chi connectivity index (χ1n) is 13.4. The number of aliphatic hydroxyl groups excluding tert-OH is 1. The highest BCUT2D eigenvalue weighted by atomic mass is 79.9. The van der Waals surface area contributed by atoms with E-state index in [4.69, 9.17) is 9.84 Å². The fraction of sp³-hybridized carbons (Fsp3) is 0.281. The summed E-state index contributed by atoms with van der Waals surface area (Å²) in [5.74, 6) is -3.05. The molecule has 0 spiro atoms. The molecule has 2 aromatic rings. The number of imide groups is 1. The number of carbonyl (C=O) groups excluding carboxylic acids is 5. The largest absolute Gasteiger partial charge is 0.491 e. The maximum atomic E-state index is 14.0. The van der Waals surface area contributed by atoms with E-state index in [0.29, 0.717) is 34.6 Å². The van der Waals surface area contributed by atoms with E-state index in [9.17, 15) is 24.0 Å². The maximum Gasteiger partial charge on any atom is 0.238 e. The topological polar surface area (TPSA) is 118 Å². The predicted octanol–water partition coefficient (Wildman–Crippen LogP) is 4.23. The van der Waals surface area contributed by atoms with Crippen LogP contribution in [0.1, 0.15) is 41.6 Å². The Labute approximate surface area is 244 Å². The van der Waals surface area contributed by atoms with Crippen molar-refractivity contribution in [2.24, 2.45) is 17.8 Å². The number of benzene rings is 2. The molecule has 0 bridgehead atoms. The van der Waals surface area contributed by atoms with E-state index in [1.807, 2.05) is 18.2 Å². The summed E-state index contributed by atoms with van der Waals surface area (Å²) in [4.78, 5) is 67.2. The summed E-state index contributed by atoms with van der Waals surface area (Å²) < 4.78 is 5.67. The Morgan fingerprint density at radius 2 is 1.71 bits per heavy atom. The molecule has 0 aromatic heterocycles. The number of amides is 2. The van der Waals surface area contributed by atoms with Gasteiger partial charge in [-0.25, -0.2) is 0 Å². The lowest BCUT2D eigenvalue weighted by molar-refractivity contribution is -0.123. The number of halogens is 1. The van der Waals surface area contributed by atoms with Gasteiger partial charge in [-0.1, -0.05) is 23.8 Å². The van der Waals surface area contributed by atoms with Crippen LogP contribution < -0.4 is 9.64 Å². The van der Waals surface area contributed by atoms with Crippen LogP contribution in [0.5, 0.6) is 5.75 Å². The lowest BCUT2D eigenvalue weighted by Gasteiger charge is -2.42. The number of hydrogen-bond donors (Lipinski definition) is 1. The minimum Gasteiger partial charge on any atom is -0.491 e. The van der Waals surface area contributed by atoms with Crippen molar-refractivity contribution in [3.63, 3.8) is 0 Å². The number of fused-ring (bicyclic) bond motifs is 3. The summed E-state index contributed by atoms with van der Waals surface area (Å²) in [6.45, 7) is 1.47. The lowest BCUT2D eigenvalue weighted by atomic mass is 9.59. The number of ether oxygens (including phenoxy) is 1. The second-order valence-electron chi connectivity index (χ2n) is 10.6. The zero-order valence-electron chi connectivity index (χ0n) is 22.1. The van der Waals surface area contributed by atoms with Gasteiger partial charge in [0.1, 0.15) is 12.4 Å². The van der Waals surface area contributed by atoms with Crippen molar-refractivity contribution in [1.82, 2.24) is 0 Å². The monoisotopic (exact) mass is 615 g/mol. The van der Waals surface area contributed by atoms with Gasteiger partial charge < -0.3 is 9.84 Å². The number of anilines is 1. The minimum absolute atomic E-state index is 0.115. The SMILES string of the molecule is CC(=O)c1ccc(N2C(=O)[C@H]3[C@H](CC=C4[C@H](c5ccc(OCCO)cc5)C5=C(C[C@H]43)C(=O)C(Br)=CC5=O)C2=O)cc1. The number of hydrogen-bond acceptors (Lipinski definition) is 7. The molecule has 4 aliphatic rings. The molecule has 4 atom stereocenters.